The van der Waals surface area contributed by atoms with E-state index >= 15 is 0 Å². The van der Waals surface area contributed by atoms with Gasteiger partial charge in [0.15, 0.2) is 0 Å². The monoisotopic (exact) mass is 832 g/mol. The number of aromatic amines is 4. The maximum absolute atomic E-state index is 12.7. The lowest BCUT2D eigenvalue weighted by Gasteiger charge is -2.34. The minimum Gasteiger partial charge on any atom is -0.369 e. The summed E-state index contributed by atoms with van der Waals surface area (Å²) in [5.74, 6) is 2.80. The van der Waals surface area contributed by atoms with E-state index in [9.17, 15) is 9.59 Å². The van der Waals surface area contributed by atoms with E-state index in [2.05, 4.69) is 111 Å². The van der Waals surface area contributed by atoms with E-state index < -0.39 is 0 Å². The Morgan fingerprint density at radius 3 is 1.32 bits per heavy atom. The van der Waals surface area contributed by atoms with Crippen LogP contribution in [0.15, 0.2) is 72.8 Å². The second-order valence-electron chi connectivity index (χ2n) is 16.7. The standard InChI is InChI=1S/C46H52N14O2/c1-57-15-19-59(20-16-57)31-9-13-35-39(25-31)55-45(53-35)29-7-11-33-37(23-29)51-41(49-33)27-47-43(61)5-3-4-6-44(62)48-28-42-50-34-12-8-30(24-38(34)52-42)46-54-36-14-10-32(26-40(36)56-46)60-21-17-58(2)18-22-60/h7-14,23-26H,3-6,15-22,27-28H2,1-2H3,(H,47,61)(H,48,62)(H,49,51)(H,50,52)(H,53,55)(H,54,56). The summed E-state index contributed by atoms with van der Waals surface area (Å²) < 4.78 is 0. The number of unbranched alkanes of at least 4 members (excludes halogenated alkanes) is 1. The van der Waals surface area contributed by atoms with Crippen molar-refractivity contribution in [2.45, 2.75) is 38.8 Å². The molecule has 6 N–H and O–H groups in total. The van der Waals surface area contributed by atoms with E-state index in [1.165, 1.54) is 11.4 Å². The fourth-order valence-electron chi connectivity index (χ4n) is 8.49. The predicted octanol–water partition coefficient (Wildman–Crippen LogP) is 5.52. The van der Waals surface area contributed by atoms with Crippen LogP contribution >= 0.6 is 0 Å². The van der Waals surface area contributed by atoms with Crippen molar-refractivity contribution >= 4 is 67.3 Å². The lowest BCUT2D eigenvalue weighted by atomic mass is 10.2. The molecule has 2 aliphatic rings. The third-order valence-corrected chi connectivity index (χ3v) is 12.2. The van der Waals surface area contributed by atoms with E-state index in [1.54, 1.807) is 0 Å². The molecule has 8 aromatic rings. The zero-order chi connectivity index (χ0) is 42.2. The summed E-state index contributed by atoms with van der Waals surface area (Å²) in [7, 11) is 4.33. The number of carbonyl (C=O) groups is 2. The largest absolute Gasteiger partial charge is 0.369 e. The Kier molecular flexibility index (Phi) is 10.8. The van der Waals surface area contributed by atoms with E-state index in [0.29, 0.717) is 50.4 Å². The normalized spacial score (nSPS) is 15.4. The third kappa shape index (κ3) is 8.56. The van der Waals surface area contributed by atoms with Crippen molar-refractivity contribution in [1.82, 2.24) is 60.3 Å². The summed E-state index contributed by atoms with van der Waals surface area (Å²) in [6.07, 6.45) is 1.86. The number of nitrogens with one attached hydrogen (secondary N) is 6. The van der Waals surface area contributed by atoms with Crippen molar-refractivity contribution in [1.29, 1.82) is 0 Å². The Morgan fingerprint density at radius 2 is 0.887 bits per heavy atom. The molecule has 2 amide bonds. The van der Waals surface area contributed by atoms with Crippen molar-refractivity contribution in [3.05, 3.63) is 84.4 Å². The van der Waals surface area contributed by atoms with Crippen molar-refractivity contribution in [2.24, 2.45) is 0 Å². The molecule has 2 saturated heterocycles. The van der Waals surface area contributed by atoms with Gasteiger partial charge in [0.2, 0.25) is 11.8 Å². The Morgan fingerprint density at radius 1 is 0.500 bits per heavy atom. The van der Waals surface area contributed by atoms with Gasteiger partial charge in [-0.3, -0.25) is 9.59 Å². The molecule has 16 nitrogen and oxygen atoms in total. The molecule has 0 saturated carbocycles. The highest BCUT2D eigenvalue weighted by Crippen LogP contribution is 2.29. The molecule has 318 valence electrons. The number of H-pyrrole nitrogens is 4. The number of hydrogen-bond donors (Lipinski definition) is 6. The number of anilines is 2. The molecule has 62 heavy (non-hydrogen) atoms. The van der Waals surface area contributed by atoms with Crippen molar-refractivity contribution in [3.63, 3.8) is 0 Å². The summed E-state index contributed by atoms with van der Waals surface area (Å²) >= 11 is 0. The maximum atomic E-state index is 12.7. The van der Waals surface area contributed by atoms with Crippen LogP contribution in [0.5, 0.6) is 0 Å². The van der Waals surface area contributed by atoms with Gasteiger partial charge in [0.1, 0.15) is 23.3 Å². The first-order valence-corrected chi connectivity index (χ1v) is 21.6. The average Bonchev–Trinajstić information content (AvgIpc) is 4.10. The van der Waals surface area contributed by atoms with Crippen LogP contribution in [-0.4, -0.2) is 128 Å². The van der Waals surface area contributed by atoms with Crippen LogP contribution in [0.25, 0.3) is 66.9 Å². The van der Waals surface area contributed by atoms with Crippen LogP contribution in [0.4, 0.5) is 11.4 Å². The molecule has 4 aromatic heterocycles. The van der Waals surface area contributed by atoms with Gasteiger partial charge in [0.05, 0.1) is 57.2 Å². The highest BCUT2D eigenvalue weighted by atomic mass is 16.2. The number of carbonyl (C=O) groups excluding carboxylic acids is 2. The Balaban J connectivity index is 0.665. The van der Waals surface area contributed by atoms with Gasteiger partial charge in [-0.15, -0.1) is 0 Å². The van der Waals surface area contributed by atoms with E-state index in [0.717, 1.165) is 119 Å². The van der Waals surface area contributed by atoms with Crippen LogP contribution in [0, 0.1) is 0 Å². The summed E-state index contributed by atoms with van der Waals surface area (Å²) in [6.45, 7) is 8.87. The van der Waals surface area contributed by atoms with Gasteiger partial charge in [0.25, 0.3) is 0 Å². The molecule has 0 unspecified atom stereocenters. The number of fused-ring (bicyclic) bond motifs is 4. The highest BCUT2D eigenvalue weighted by molar-refractivity contribution is 5.87. The van der Waals surface area contributed by atoms with Gasteiger partial charge < -0.3 is 50.2 Å². The highest BCUT2D eigenvalue weighted by Gasteiger charge is 2.18. The quantitative estimate of drug-likeness (QED) is 0.0809. The van der Waals surface area contributed by atoms with E-state index in [-0.39, 0.29) is 11.8 Å². The molecule has 16 heteroatoms. The predicted molar refractivity (Wildman–Crippen MR) is 244 cm³/mol. The lowest BCUT2D eigenvalue weighted by molar-refractivity contribution is -0.123. The molecule has 0 aliphatic carbocycles. The number of hydrogen-bond acceptors (Lipinski definition) is 10. The fourth-order valence-corrected chi connectivity index (χ4v) is 8.49. The molecule has 0 atom stereocenters. The first-order valence-electron chi connectivity index (χ1n) is 21.6. The van der Waals surface area contributed by atoms with Gasteiger partial charge in [-0.2, -0.15) is 0 Å². The molecule has 2 aliphatic heterocycles. The smallest absolute Gasteiger partial charge is 0.220 e. The molecular weight excluding hydrogens is 781 g/mol. The first kappa shape index (κ1) is 39.4. The number of amides is 2. The number of piperazine rings is 2. The number of rotatable bonds is 13. The molecule has 0 spiro atoms. The van der Waals surface area contributed by atoms with E-state index in [1.807, 2.05) is 36.4 Å². The molecular formula is C46H52N14O2. The van der Waals surface area contributed by atoms with Gasteiger partial charge in [-0.25, -0.2) is 19.9 Å². The zero-order valence-corrected chi connectivity index (χ0v) is 35.2. The summed E-state index contributed by atoms with van der Waals surface area (Å²) in [5.41, 5.74) is 11.6. The Hall–Kier alpha value is -6.78. The van der Waals surface area contributed by atoms with Crippen LogP contribution in [0.1, 0.15) is 37.3 Å². The summed E-state index contributed by atoms with van der Waals surface area (Å²) in [6, 6.07) is 24.9. The molecule has 10 rings (SSSR count). The number of aromatic nitrogens is 8. The number of nitrogens with zero attached hydrogens (tertiary/aromatic N) is 8. The first-order chi connectivity index (χ1) is 30.3. The SMILES string of the molecule is CN1CCN(c2ccc3nc(-c4ccc5nc(CNC(=O)CCCCC(=O)NCc6nc7ccc(-c8nc9ccc(N%10CCN(C)CC%10)cc9[nH]8)cc7[nH]6)[nH]c5c4)[nH]c3c2)CC1. The summed E-state index contributed by atoms with van der Waals surface area (Å²) in [4.78, 5) is 67.7. The molecule has 4 aromatic carbocycles. The minimum atomic E-state index is -0.0792. The zero-order valence-electron chi connectivity index (χ0n) is 35.2. The van der Waals surface area contributed by atoms with Crippen LogP contribution < -0.4 is 20.4 Å². The van der Waals surface area contributed by atoms with Crippen LogP contribution in [0.3, 0.4) is 0 Å². The Bertz CT molecular complexity index is 2700. The van der Waals surface area contributed by atoms with Gasteiger partial charge in [0, 0.05) is 87.7 Å². The average molecular weight is 833 g/mol. The van der Waals surface area contributed by atoms with E-state index in [4.69, 9.17) is 9.97 Å². The second kappa shape index (κ2) is 16.9. The molecule has 2 fully saturated rings. The van der Waals surface area contributed by atoms with Gasteiger partial charge >= 0.3 is 0 Å². The lowest BCUT2D eigenvalue weighted by Crippen LogP contribution is -2.44. The Labute approximate surface area is 358 Å². The van der Waals surface area contributed by atoms with Crippen LogP contribution in [0.2, 0.25) is 0 Å². The van der Waals surface area contributed by atoms with Crippen molar-refractivity contribution < 1.29 is 9.59 Å². The van der Waals surface area contributed by atoms with Crippen LogP contribution in [-0.2, 0) is 22.7 Å². The topological polar surface area (TPSA) is 186 Å². The minimum absolute atomic E-state index is 0.0792. The maximum Gasteiger partial charge on any atom is 0.220 e. The second-order valence-corrected chi connectivity index (χ2v) is 16.7. The number of likely N-dealkylation sites (N-methyl/N-ethyl adjacent to an activating group) is 2. The molecule has 0 radical (unpaired) electrons. The van der Waals surface area contributed by atoms with Gasteiger partial charge in [-0.05, 0) is 99.7 Å². The summed E-state index contributed by atoms with van der Waals surface area (Å²) in [5, 5.41) is 5.93. The fraction of sp³-hybridized carbons (Fsp3) is 0.348. The van der Waals surface area contributed by atoms with Gasteiger partial charge in [-0.1, -0.05) is 0 Å². The van der Waals surface area contributed by atoms with Crippen molar-refractivity contribution in [3.8, 4) is 22.8 Å². The van der Waals surface area contributed by atoms with Crippen molar-refractivity contribution in [2.75, 3.05) is 76.3 Å². The number of imidazole rings is 4. The third-order valence-electron chi connectivity index (χ3n) is 12.2. The molecule has 6 heterocycles. The molecule has 0 bridgehead atoms. The number of benzene rings is 4.